The van der Waals surface area contributed by atoms with Gasteiger partial charge in [0.1, 0.15) is 0 Å². The molecule has 2 heteroatoms. The van der Waals surface area contributed by atoms with Gasteiger partial charge in [-0.25, -0.2) is 4.85 Å². The van der Waals surface area contributed by atoms with Crippen molar-refractivity contribution in [1.29, 1.82) is 0 Å². The zero-order valence-corrected chi connectivity index (χ0v) is 4.16. The highest BCUT2D eigenvalue weighted by atomic mass is 35.5. The van der Waals surface area contributed by atoms with Gasteiger partial charge in [0, 0.05) is 5.54 Å². The Labute approximate surface area is 42.1 Å². The van der Waals surface area contributed by atoms with E-state index in [-0.39, 0.29) is 0 Å². The minimum absolute atomic E-state index is 0.525. The van der Waals surface area contributed by atoms with Crippen LogP contribution in [0.25, 0.3) is 4.85 Å². The van der Waals surface area contributed by atoms with Crippen molar-refractivity contribution in [2.24, 2.45) is 0 Å². The smallest absolute Gasteiger partial charge is 0.173 e. The predicted molar refractivity (Wildman–Crippen MR) is 26.2 cm³/mol. The van der Waals surface area contributed by atoms with Crippen LogP contribution in [0.1, 0.15) is 6.92 Å². The monoisotopic (exact) mass is 101 g/mol. The summed E-state index contributed by atoms with van der Waals surface area (Å²) in [6.45, 7) is 7.93. The summed E-state index contributed by atoms with van der Waals surface area (Å²) in [6.07, 6.45) is 0. The highest BCUT2D eigenvalue weighted by Crippen LogP contribution is 1.93. The normalized spacial score (nSPS) is 10.5. The van der Waals surface area contributed by atoms with Crippen LogP contribution >= 0.6 is 11.6 Å². The lowest BCUT2D eigenvalue weighted by molar-refractivity contribution is 1.55. The topological polar surface area (TPSA) is 4.36 Å². The van der Waals surface area contributed by atoms with E-state index >= 15 is 0 Å². The minimum Gasteiger partial charge on any atom is -0.242 e. The molecule has 0 atom stereocenters. The van der Waals surface area contributed by atoms with E-state index in [1.807, 2.05) is 0 Å². The van der Waals surface area contributed by atoms with Gasteiger partial charge in [0.05, 0.1) is 6.57 Å². The maximum Gasteiger partial charge on any atom is 0.173 e. The summed E-state index contributed by atoms with van der Waals surface area (Å²) in [5.41, 5.74) is 1.78. The SMILES string of the molecule is [C-]#[N+]C(C)=CCl. The van der Waals surface area contributed by atoms with Crippen LogP contribution < -0.4 is 0 Å². The van der Waals surface area contributed by atoms with Crippen molar-refractivity contribution in [2.75, 3.05) is 0 Å². The molecule has 0 spiro atoms. The first-order valence-corrected chi connectivity index (χ1v) is 1.89. The second-order valence-electron chi connectivity index (χ2n) is 0.862. The van der Waals surface area contributed by atoms with Gasteiger partial charge in [-0.2, -0.15) is 0 Å². The largest absolute Gasteiger partial charge is 0.242 e. The van der Waals surface area contributed by atoms with Crippen molar-refractivity contribution in [3.63, 3.8) is 0 Å². The van der Waals surface area contributed by atoms with Crippen LogP contribution in [-0.2, 0) is 0 Å². The molecule has 0 aliphatic carbocycles. The Kier molecular flexibility index (Phi) is 2.52. The molecule has 0 aliphatic rings. The van der Waals surface area contributed by atoms with Crippen LogP contribution in [0.4, 0.5) is 0 Å². The van der Waals surface area contributed by atoms with Crippen LogP contribution in [0.2, 0.25) is 0 Å². The van der Waals surface area contributed by atoms with E-state index in [0.717, 1.165) is 0 Å². The van der Waals surface area contributed by atoms with Crippen LogP contribution in [-0.4, -0.2) is 0 Å². The van der Waals surface area contributed by atoms with E-state index in [4.69, 9.17) is 18.2 Å². The average Bonchev–Trinajstić information content (AvgIpc) is 1.65. The summed E-state index contributed by atoms with van der Waals surface area (Å²) in [7, 11) is 0. The molecule has 0 aliphatic heterocycles. The van der Waals surface area contributed by atoms with Crippen LogP contribution in [0.3, 0.4) is 0 Å². The average molecular weight is 102 g/mol. The second kappa shape index (κ2) is 2.74. The van der Waals surface area contributed by atoms with Crippen molar-refractivity contribution >= 4 is 11.6 Å². The highest BCUT2D eigenvalue weighted by molar-refractivity contribution is 6.25. The molecule has 0 aromatic rings. The summed E-state index contributed by atoms with van der Waals surface area (Å²) in [5.74, 6) is 0. The van der Waals surface area contributed by atoms with E-state index in [1.165, 1.54) is 5.54 Å². The zero-order valence-electron chi connectivity index (χ0n) is 3.40. The Hall–Kier alpha value is -0.480. The lowest BCUT2D eigenvalue weighted by Crippen LogP contribution is -1.50. The molecule has 0 rings (SSSR count). The van der Waals surface area contributed by atoms with Crippen molar-refractivity contribution in [1.82, 2.24) is 0 Å². The van der Waals surface area contributed by atoms with Gasteiger partial charge in [-0.3, -0.25) is 0 Å². The molecule has 0 amide bonds. The van der Waals surface area contributed by atoms with Crippen molar-refractivity contribution in [3.8, 4) is 0 Å². The first-order chi connectivity index (χ1) is 2.81. The van der Waals surface area contributed by atoms with Crippen molar-refractivity contribution in [3.05, 3.63) is 22.6 Å². The molecule has 32 valence electrons. The zero-order chi connectivity index (χ0) is 4.99. The molecular weight excluding hydrogens is 97.5 g/mol. The third kappa shape index (κ3) is 1.80. The molecule has 0 unspecified atom stereocenters. The van der Waals surface area contributed by atoms with E-state index < -0.39 is 0 Å². The number of hydrogen-bond donors (Lipinski definition) is 0. The highest BCUT2D eigenvalue weighted by Gasteiger charge is 1.73. The molecule has 6 heavy (non-hydrogen) atoms. The Bertz CT molecular complexity index is 98.6. The summed E-state index contributed by atoms with van der Waals surface area (Å²) in [5, 5.41) is 0. The fourth-order valence-corrected chi connectivity index (χ4v) is 0.0732. The van der Waals surface area contributed by atoms with E-state index in [2.05, 4.69) is 4.85 Å². The molecule has 0 saturated heterocycles. The second-order valence-corrected chi connectivity index (χ2v) is 1.08. The third-order valence-electron chi connectivity index (χ3n) is 0.334. The van der Waals surface area contributed by atoms with Gasteiger partial charge in [0.25, 0.3) is 0 Å². The number of halogens is 1. The number of hydrogen-bond acceptors (Lipinski definition) is 0. The fraction of sp³-hybridized carbons (Fsp3) is 0.250. The number of nitrogens with zero attached hydrogens (tertiary/aromatic N) is 1. The Morgan fingerprint density at radius 2 is 2.50 bits per heavy atom. The van der Waals surface area contributed by atoms with Gasteiger partial charge in [-0.05, 0) is 6.92 Å². The number of rotatable bonds is 0. The fourth-order valence-electron chi connectivity index (χ4n) is 0.0244. The van der Waals surface area contributed by atoms with Gasteiger partial charge in [0.2, 0.25) is 0 Å². The van der Waals surface area contributed by atoms with Crippen molar-refractivity contribution in [2.45, 2.75) is 6.92 Å². The molecule has 0 aromatic carbocycles. The quantitative estimate of drug-likeness (QED) is 0.411. The molecule has 0 bridgehead atoms. The molecule has 0 fully saturated rings. The molecule has 0 radical (unpaired) electrons. The van der Waals surface area contributed by atoms with Crippen molar-refractivity contribution < 1.29 is 0 Å². The lowest BCUT2D eigenvalue weighted by atomic mass is 10.6. The summed E-state index contributed by atoms with van der Waals surface area (Å²) in [4.78, 5) is 2.99. The van der Waals surface area contributed by atoms with Gasteiger partial charge in [-0.1, -0.05) is 0 Å². The van der Waals surface area contributed by atoms with E-state index in [0.29, 0.717) is 5.70 Å². The third-order valence-corrected chi connectivity index (χ3v) is 0.650. The summed E-state index contributed by atoms with van der Waals surface area (Å²) < 4.78 is 0. The Morgan fingerprint density at radius 3 is 2.50 bits per heavy atom. The van der Waals surface area contributed by atoms with Gasteiger partial charge in [-0.15, -0.1) is 11.6 Å². The van der Waals surface area contributed by atoms with Gasteiger partial charge < -0.3 is 0 Å². The first-order valence-electron chi connectivity index (χ1n) is 1.45. The molecule has 1 nitrogen and oxygen atoms in total. The van der Waals surface area contributed by atoms with E-state index in [9.17, 15) is 0 Å². The van der Waals surface area contributed by atoms with Crippen LogP contribution in [0, 0.1) is 6.57 Å². The maximum atomic E-state index is 6.28. The van der Waals surface area contributed by atoms with Gasteiger partial charge in [0.15, 0.2) is 5.70 Å². The maximum absolute atomic E-state index is 6.28. The standard InChI is InChI=1S/C4H4ClN/c1-4(3-5)6-2/h3H,1H3. The predicted octanol–water partition coefficient (Wildman–Crippen LogP) is 2.01. The number of allylic oxidation sites excluding steroid dienone is 1. The summed E-state index contributed by atoms with van der Waals surface area (Å²) >= 11 is 5.08. The lowest BCUT2D eigenvalue weighted by Gasteiger charge is -1.69. The molecular formula is C4H4ClN. The molecule has 0 heterocycles. The van der Waals surface area contributed by atoms with Gasteiger partial charge >= 0.3 is 0 Å². The minimum atomic E-state index is 0.525. The Morgan fingerprint density at radius 1 is 2.00 bits per heavy atom. The van der Waals surface area contributed by atoms with E-state index in [1.54, 1.807) is 6.92 Å². The molecule has 0 N–H and O–H groups in total. The first kappa shape index (κ1) is 5.52. The van der Waals surface area contributed by atoms with Crippen LogP contribution in [0.5, 0.6) is 0 Å². The van der Waals surface area contributed by atoms with Crippen LogP contribution in [0.15, 0.2) is 11.2 Å². The molecule has 0 saturated carbocycles. The summed E-state index contributed by atoms with van der Waals surface area (Å²) in [6, 6.07) is 0. The molecule has 0 aromatic heterocycles. The Balaban J connectivity index is 3.61.